The molecule has 2 heterocycles. The summed E-state index contributed by atoms with van der Waals surface area (Å²) in [4.78, 5) is 6.29. The number of rotatable bonds is 2. The number of halogens is 4. The number of hydrogen-bond donors (Lipinski definition) is 2. The van der Waals surface area contributed by atoms with E-state index in [2.05, 4.69) is 15.0 Å². The van der Waals surface area contributed by atoms with Crippen molar-refractivity contribution in [2.45, 2.75) is 30.0 Å². The zero-order valence-electron chi connectivity index (χ0n) is 12.7. The monoisotopic (exact) mass is 360 g/mol. The van der Waals surface area contributed by atoms with Gasteiger partial charge in [-0.25, -0.2) is 9.38 Å². The minimum atomic E-state index is -4.39. The third-order valence-electron chi connectivity index (χ3n) is 4.41. The van der Waals surface area contributed by atoms with Crippen molar-refractivity contribution in [3.8, 4) is 0 Å². The van der Waals surface area contributed by atoms with Crippen LogP contribution in [-0.2, 0) is 0 Å². The van der Waals surface area contributed by atoms with Gasteiger partial charge in [0.2, 0.25) is 0 Å². The van der Waals surface area contributed by atoms with Gasteiger partial charge >= 0.3 is 6.18 Å². The number of piperazine rings is 1. The lowest BCUT2D eigenvalue weighted by Gasteiger charge is -2.39. The van der Waals surface area contributed by atoms with Crippen molar-refractivity contribution in [3.63, 3.8) is 0 Å². The van der Waals surface area contributed by atoms with Crippen LogP contribution >= 0.6 is 11.9 Å². The average Bonchev–Trinajstić information content (AvgIpc) is 3.38. The standard InChI is InChI=1S/C15H16F4N4S/c16-9-5-10(23-4-3-20-7-12(23)15(17,18)19)13-11(6-9)24-22-14(21-13)8-1-2-8/h5-6,8,12,20H,1-4,7H2,(H,21,22). The van der Waals surface area contributed by atoms with Crippen LogP contribution in [0.4, 0.5) is 28.9 Å². The first-order chi connectivity index (χ1) is 11.4. The zero-order valence-corrected chi connectivity index (χ0v) is 13.5. The highest BCUT2D eigenvalue weighted by molar-refractivity contribution is 7.98. The summed E-state index contributed by atoms with van der Waals surface area (Å²) < 4.78 is 57.3. The lowest BCUT2D eigenvalue weighted by molar-refractivity contribution is -0.149. The fourth-order valence-electron chi connectivity index (χ4n) is 3.04. The van der Waals surface area contributed by atoms with E-state index in [9.17, 15) is 17.6 Å². The van der Waals surface area contributed by atoms with Gasteiger partial charge in [0, 0.05) is 25.6 Å². The maximum absolute atomic E-state index is 14.0. The number of amidine groups is 1. The molecular weight excluding hydrogens is 344 g/mol. The molecule has 1 aromatic carbocycles. The number of alkyl halides is 3. The van der Waals surface area contributed by atoms with E-state index in [1.54, 1.807) is 0 Å². The highest BCUT2D eigenvalue weighted by atomic mass is 32.2. The van der Waals surface area contributed by atoms with Gasteiger partial charge in [0.15, 0.2) is 0 Å². The smallest absolute Gasteiger partial charge is 0.356 e. The number of nitrogens with one attached hydrogen (secondary N) is 2. The Labute approximate surface area is 140 Å². The Morgan fingerprint density at radius 3 is 2.75 bits per heavy atom. The van der Waals surface area contributed by atoms with Gasteiger partial charge in [-0.15, -0.1) is 0 Å². The van der Waals surface area contributed by atoms with Gasteiger partial charge < -0.3 is 14.9 Å². The summed E-state index contributed by atoms with van der Waals surface area (Å²) in [7, 11) is 0. The minimum absolute atomic E-state index is 0.159. The van der Waals surface area contributed by atoms with Gasteiger partial charge in [0.1, 0.15) is 23.4 Å². The van der Waals surface area contributed by atoms with Crippen LogP contribution < -0.4 is 14.9 Å². The van der Waals surface area contributed by atoms with Crippen LogP contribution in [0.3, 0.4) is 0 Å². The van der Waals surface area contributed by atoms with E-state index in [0.717, 1.165) is 18.7 Å². The first-order valence-corrected chi connectivity index (χ1v) is 8.64. The molecule has 130 valence electrons. The predicted octanol–water partition coefficient (Wildman–Crippen LogP) is 3.22. The van der Waals surface area contributed by atoms with E-state index in [1.807, 2.05) is 0 Å². The molecule has 0 spiro atoms. The molecule has 1 aromatic rings. The van der Waals surface area contributed by atoms with E-state index < -0.39 is 18.0 Å². The van der Waals surface area contributed by atoms with Gasteiger partial charge in [0.25, 0.3) is 0 Å². The van der Waals surface area contributed by atoms with Gasteiger partial charge in [-0.2, -0.15) is 13.2 Å². The number of aliphatic imine (C=N–C) groups is 1. The molecule has 0 amide bonds. The molecule has 4 rings (SSSR count). The molecule has 1 atom stereocenters. The van der Waals surface area contributed by atoms with Crippen LogP contribution in [0.5, 0.6) is 0 Å². The fraction of sp³-hybridized carbons (Fsp3) is 0.533. The molecule has 9 heteroatoms. The third kappa shape index (κ3) is 2.95. The van der Waals surface area contributed by atoms with Crippen molar-refractivity contribution in [2.75, 3.05) is 24.5 Å². The minimum Gasteiger partial charge on any atom is -0.356 e. The molecule has 1 saturated heterocycles. The summed E-state index contributed by atoms with van der Waals surface area (Å²) in [6.45, 7) is 0.369. The molecule has 24 heavy (non-hydrogen) atoms. The van der Waals surface area contributed by atoms with E-state index >= 15 is 0 Å². The van der Waals surface area contributed by atoms with Gasteiger partial charge in [0.05, 0.1) is 10.6 Å². The summed E-state index contributed by atoms with van der Waals surface area (Å²) in [6.07, 6.45) is -2.34. The Morgan fingerprint density at radius 2 is 2.04 bits per heavy atom. The van der Waals surface area contributed by atoms with Crippen LogP contribution in [0.1, 0.15) is 12.8 Å². The molecule has 3 aliphatic rings. The molecule has 1 aliphatic carbocycles. The van der Waals surface area contributed by atoms with E-state index in [4.69, 9.17) is 0 Å². The van der Waals surface area contributed by atoms with E-state index in [-0.39, 0.29) is 18.8 Å². The largest absolute Gasteiger partial charge is 0.409 e. The maximum atomic E-state index is 14.0. The van der Waals surface area contributed by atoms with E-state index in [1.165, 1.54) is 29.0 Å². The summed E-state index contributed by atoms with van der Waals surface area (Å²) in [5.74, 6) is 0.562. The second-order valence-electron chi connectivity index (χ2n) is 6.20. The molecule has 2 aliphatic heterocycles. The number of fused-ring (bicyclic) bond motifs is 1. The van der Waals surface area contributed by atoms with Crippen LogP contribution in [0.2, 0.25) is 0 Å². The Morgan fingerprint density at radius 1 is 1.25 bits per heavy atom. The van der Waals surface area contributed by atoms with Crippen LogP contribution in [0.25, 0.3) is 0 Å². The lowest BCUT2D eigenvalue weighted by atomic mass is 10.1. The number of benzene rings is 1. The molecule has 0 radical (unpaired) electrons. The number of hydrogen-bond acceptors (Lipinski definition) is 5. The SMILES string of the molecule is Fc1cc2c(c(N3CCNCC3C(F)(F)F)c1)N=C(C1CC1)NS2. The molecular formula is C15H16F4N4S. The van der Waals surface area contributed by atoms with Crippen molar-refractivity contribution in [1.82, 2.24) is 10.0 Å². The molecule has 0 aromatic heterocycles. The van der Waals surface area contributed by atoms with Gasteiger partial charge in [-0.3, -0.25) is 0 Å². The second-order valence-corrected chi connectivity index (χ2v) is 7.05. The maximum Gasteiger partial charge on any atom is 0.409 e. The Balaban J connectivity index is 1.78. The average molecular weight is 360 g/mol. The van der Waals surface area contributed by atoms with Crippen molar-refractivity contribution >= 4 is 29.2 Å². The first kappa shape index (κ1) is 16.0. The quantitative estimate of drug-likeness (QED) is 0.628. The molecule has 1 saturated carbocycles. The van der Waals surface area contributed by atoms with Crippen LogP contribution in [-0.4, -0.2) is 37.7 Å². The topological polar surface area (TPSA) is 39.7 Å². The highest BCUT2D eigenvalue weighted by Gasteiger charge is 2.45. The van der Waals surface area contributed by atoms with Gasteiger partial charge in [-0.1, -0.05) is 0 Å². The van der Waals surface area contributed by atoms with Crippen molar-refractivity contribution in [1.29, 1.82) is 0 Å². The number of anilines is 1. The van der Waals surface area contributed by atoms with Gasteiger partial charge in [-0.05, 0) is 36.9 Å². The molecule has 1 unspecified atom stereocenters. The summed E-state index contributed by atoms with van der Waals surface area (Å²) in [6, 6.07) is 0.800. The van der Waals surface area contributed by atoms with E-state index in [0.29, 0.717) is 23.0 Å². The Bertz CT molecular complexity index is 687. The normalized spacial score (nSPS) is 24.2. The Kier molecular flexibility index (Phi) is 3.87. The highest BCUT2D eigenvalue weighted by Crippen LogP contribution is 2.45. The fourth-order valence-corrected chi connectivity index (χ4v) is 3.88. The zero-order chi connectivity index (χ0) is 16.9. The van der Waals surface area contributed by atoms with Crippen molar-refractivity contribution < 1.29 is 17.6 Å². The summed E-state index contributed by atoms with van der Waals surface area (Å²) in [5.41, 5.74) is 0.666. The molecule has 4 nitrogen and oxygen atoms in total. The second kappa shape index (κ2) is 5.80. The van der Waals surface area contributed by atoms with Crippen LogP contribution in [0.15, 0.2) is 22.0 Å². The van der Waals surface area contributed by atoms with Crippen molar-refractivity contribution in [3.05, 3.63) is 17.9 Å². The summed E-state index contributed by atoms with van der Waals surface area (Å²) >= 11 is 1.22. The number of nitrogens with zero attached hydrogens (tertiary/aromatic N) is 2. The molecule has 2 fully saturated rings. The molecule has 2 N–H and O–H groups in total. The van der Waals surface area contributed by atoms with Crippen LogP contribution in [0, 0.1) is 11.7 Å². The molecule has 0 bridgehead atoms. The Hall–Kier alpha value is -1.48. The first-order valence-electron chi connectivity index (χ1n) is 7.82. The summed E-state index contributed by atoms with van der Waals surface area (Å²) in [5, 5.41) is 2.76. The third-order valence-corrected chi connectivity index (χ3v) is 5.25. The predicted molar refractivity (Wildman–Crippen MR) is 85.3 cm³/mol. The lowest BCUT2D eigenvalue weighted by Crippen LogP contribution is -2.58. The van der Waals surface area contributed by atoms with Crippen molar-refractivity contribution in [2.24, 2.45) is 10.9 Å².